The van der Waals surface area contributed by atoms with E-state index in [0.717, 1.165) is 18.4 Å². The number of hydrogen-bond acceptors (Lipinski definition) is 2. The molecule has 60 valence electrons. The molecule has 1 atom stereocenters. The molecule has 0 bridgehead atoms. The zero-order valence-electron chi connectivity index (χ0n) is 6.66. The minimum atomic E-state index is 0.390. The average Bonchev–Trinajstić information content (AvgIpc) is 2.74. The molecular weight excluding hydrogens is 166 g/mol. The molecule has 0 saturated heterocycles. The van der Waals surface area contributed by atoms with Crippen LogP contribution in [-0.4, -0.2) is 0 Å². The lowest BCUT2D eigenvalue weighted by molar-refractivity contribution is 0.788. The van der Waals surface area contributed by atoms with Crippen molar-refractivity contribution in [1.29, 1.82) is 5.26 Å². The second-order valence-corrected chi connectivity index (χ2v) is 3.74. The van der Waals surface area contributed by atoms with Crippen molar-refractivity contribution in [2.75, 3.05) is 0 Å². The van der Waals surface area contributed by atoms with Crippen LogP contribution in [-0.2, 0) is 0 Å². The second kappa shape index (κ2) is 3.12. The Morgan fingerprint density at radius 3 is 3.17 bits per heavy atom. The summed E-state index contributed by atoms with van der Waals surface area (Å²) in [6.45, 7) is 0. The monoisotopic (exact) mass is 175 g/mol. The highest BCUT2D eigenvalue weighted by Crippen LogP contribution is 2.35. The van der Waals surface area contributed by atoms with Crippen LogP contribution >= 0.6 is 11.3 Å². The average molecular weight is 175 g/mol. The third kappa shape index (κ3) is 1.17. The van der Waals surface area contributed by atoms with Crippen LogP contribution in [0.4, 0.5) is 0 Å². The topological polar surface area (TPSA) is 23.8 Å². The van der Waals surface area contributed by atoms with Crippen molar-refractivity contribution >= 4 is 11.3 Å². The number of nitriles is 1. The van der Waals surface area contributed by atoms with E-state index >= 15 is 0 Å². The van der Waals surface area contributed by atoms with Crippen LogP contribution in [0.5, 0.6) is 0 Å². The third-order valence-corrected chi connectivity index (χ3v) is 2.97. The van der Waals surface area contributed by atoms with Crippen LogP contribution in [0.25, 0.3) is 0 Å². The summed E-state index contributed by atoms with van der Waals surface area (Å²) in [6.07, 6.45) is 4.23. The van der Waals surface area contributed by atoms with E-state index < -0.39 is 0 Å². The van der Waals surface area contributed by atoms with Gasteiger partial charge in [0.1, 0.15) is 0 Å². The first kappa shape index (κ1) is 7.57. The molecule has 1 nitrogen and oxygen atoms in total. The maximum absolute atomic E-state index is 8.82. The van der Waals surface area contributed by atoms with Crippen molar-refractivity contribution in [3.63, 3.8) is 0 Å². The number of hydrogen-bond donors (Lipinski definition) is 0. The molecule has 2 heteroatoms. The molecule has 1 aromatic rings. The molecule has 1 heterocycles. The van der Waals surface area contributed by atoms with Crippen molar-refractivity contribution in [3.05, 3.63) is 34.0 Å². The van der Waals surface area contributed by atoms with Crippen molar-refractivity contribution in [2.45, 2.75) is 18.8 Å². The number of allylic oxidation sites excluding steroid dienone is 2. The van der Waals surface area contributed by atoms with Gasteiger partial charge in [0, 0.05) is 11.5 Å². The number of rotatable bonds is 1. The quantitative estimate of drug-likeness (QED) is 0.643. The molecule has 0 aromatic carbocycles. The maximum atomic E-state index is 8.82. The number of thiophene rings is 1. The van der Waals surface area contributed by atoms with Crippen LogP contribution in [0.3, 0.4) is 0 Å². The van der Waals surface area contributed by atoms with Gasteiger partial charge in [0.2, 0.25) is 0 Å². The maximum Gasteiger partial charge on any atom is 0.0950 e. The Hall–Kier alpha value is -1.07. The van der Waals surface area contributed by atoms with E-state index in [1.54, 1.807) is 11.3 Å². The summed E-state index contributed by atoms with van der Waals surface area (Å²) in [6, 6.07) is 4.38. The van der Waals surface area contributed by atoms with Gasteiger partial charge in [0.25, 0.3) is 0 Å². The lowest BCUT2D eigenvalue weighted by atomic mass is 9.96. The predicted octanol–water partition coefficient (Wildman–Crippen LogP) is 3.08. The molecule has 0 saturated carbocycles. The van der Waals surface area contributed by atoms with E-state index in [4.69, 9.17) is 5.26 Å². The van der Waals surface area contributed by atoms with Gasteiger partial charge >= 0.3 is 0 Å². The fourth-order valence-electron chi connectivity index (χ4n) is 1.65. The Labute approximate surface area is 76.0 Å². The third-order valence-electron chi connectivity index (χ3n) is 2.27. The summed E-state index contributed by atoms with van der Waals surface area (Å²) in [4.78, 5) is 0. The summed E-state index contributed by atoms with van der Waals surface area (Å²) in [5, 5.41) is 13.0. The van der Waals surface area contributed by atoms with E-state index in [1.807, 2.05) is 0 Å². The minimum Gasteiger partial charge on any atom is -0.193 e. The van der Waals surface area contributed by atoms with Gasteiger partial charge in [-0.1, -0.05) is 6.08 Å². The molecule has 2 rings (SSSR count). The van der Waals surface area contributed by atoms with E-state index in [0.29, 0.717) is 5.92 Å². The van der Waals surface area contributed by atoms with Crippen molar-refractivity contribution in [1.82, 2.24) is 0 Å². The Balaban J connectivity index is 2.28. The Morgan fingerprint density at radius 1 is 1.58 bits per heavy atom. The van der Waals surface area contributed by atoms with Gasteiger partial charge in [-0.05, 0) is 35.2 Å². The van der Waals surface area contributed by atoms with Crippen molar-refractivity contribution < 1.29 is 0 Å². The first-order valence-corrected chi connectivity index (χ1v) is 4.98. The van der Waals surface area contributed by atoms with Gasteiger partial charge in [-0.15, -0.1) is 0 Å². The molecule has 0 fully saturated rings. The van der Waals surface area contributed by atoms with Crippen LogP contribution in [0.2, 0.25) is 0 Å². The second-order valence-electron chi connectivity index (χ2n) is 2.96. The predicted molar refractivity (Wildman–Crippen MR) is 50.0 cm³/mol. The van der Waals surface area contributed by atoms with Crippen molar-refractivity contribution in [2.24, 2.45) is 0 Å². The fraction of sp³-hybridized carbons (Fsp3) is 0.300. The summed E-state index contributed by atoms with van der Waals surface area (Å²) < 4.78 is 0. The van der Waals surface area contributed by atoms with E-state index in [2.05, 4.69) is 29.0 Å². The standard InChI is InChI=1S/C10H9NS/c11-6-8-2-1-3-10(8)9-4-5-12-7-9/h2,4-5,7,10H,1,3H2. The summed E-state index contributed by atoms with van der Waals surface area (Å²) in [7, 11) is 0. The Morgan fingerprint density at radius 2 is 2.50 bits per heavy atom. The van der Waals surface area contributed by atoms with Gasteiger partial charge < -0.3 is 0 Å². The van der Waals surface area contributed by atoms with E-state index in [9.17, 15) is 0 Å². The molecule has 0 aliphatic heterocycles. The van der Waals surface area contributed by atoms with Crippen LogP contribution in [0, 0.1) is 11.3 Å². The fourth-order valence-corrected chi connectivity index (χ4v) is 2.36. The lowest BCUT2D eigenvalue weighted by Crippen LogP contribution is -1.93. The normalized spacial score (nSPS) is 21.9. The van der Waals surface area contributed by atoms with E-state index in [1.165, 1.54) is 5.56 Å². The summed E-state index contributed by atoms with van der Waals surface area (Å²) in [5.41, 5.74) is 2.26. The Bertz CT molecular complexity index is 329. The van der Waals surface area contributed by atoms with Gasteiger partial charge in [-0.3, -0.25) is 0 Å². The largest absolute Gasteiger partial charge is 0.193 e. The SMILES string of the molecule is N#CC1=CCCC1c1ccsc1. The smallest absolute Gasteiger partial charge is 0.0950 e. The zero-order valence-corrected chi connectivity index (χ0v) is 7.47. The van der Waals surface area contributed by atoms with Gasteiger partial charge in [-0.2, -0.15) is 16.6 Å². The highest BCUT2D eigenvalue weighted by atomic mass is 32.1. The molecule has 0 spiro atoms. The highest BCUT2D eigenvalue weighted by Gasteiger charge is 2.20. The highest BCUT2D eigenvalue weighted by molar-refractivity contribution is 7.08. The molecule has 0 N–H and O–H groups in total. The molecule has 0 amide bonds. The lowest BCUT2D eigenvalue weighted by Gasteiger charge is -2.06. The molecule has 1 aromatic heterocycles. The van der Waals surface area contributed by atoms with Gasteiger partial charge in [-0.25, -0.2) is 0 Å². The summed E-state index contributed by atoms with van der Waals surface area (Å²) >= 11 is 1.70. The molecule has 1 aliphatic carbocycles. The molecule has 0 radical (unpaired) electrons. The summed E-state index contributed by atoms with van der Waals surface area (Å²) in [5.74, 6) is 0.390. The molecule has 1 aliphatic rings. The van der Waals surface area contributed by atoms with Crippen LogP contribution in [0.1, 0.15) is 24.3 Å². The first-order chi connectivity index (χ1) is 5.92. The Kier molecular flexibility index (Phi) is 1.97. The van der Waals surface area contributed by atoms with Crippen LogP contribution < -0.4 is 0 Å². The van der Waals surface area contributed by atoms with Gasteiger partial charge in [0.05, 0.1) is 6.07 Å². The van der Waals surface area contributed by atoms with Crippen molar-refractivity contribution in [3.8, 4) is 6.07 Å². The minimum absolute atomic E-state index is 0.390. The van der Waals surface area contributed by atoms with Gasteiger partial charge in [0.15, 0.2) is 0 Å². The number of nitrogens with zero attached hydrogens (tertiary/aromatic N) is 1. The van der Waals surface area contributed by atoms with E-state index in [-0.39, 0.29) is 0 Å². The van der Waals surface area contributed by atoms with Crippen LogP contribution in [0.15, 0.2) is 28.5 Å². The molecule has 1 unspecified atom stereocenters. The first-order valence-electron chi connectivity index (χ1n) is 4.04. The molecular formula is C10H9NS. The zero-order chi connectivity index (χ0) is 8.39. The molecule has 12 heavy (non-hydrogen) atoms.